The quantitative estimate of drug-likeness (QED) is 0.271. The zero-order chi connectivity index (χ0) is 8.81. The smallest absolute Gasteiger partial charge is 0.212 e. The highest BCUT2D eigenvalue weighted by molar-refractivity contribution is 5.76. The first-order valence-corrected chi connectivity index (χ1v) is 3.51. The Kier molecular flexibility index (Phi) is 3.09. The Bertz CT molecular complexity index is 242. The minimum absolute atomic E-state index is 0.0153. The number of nitrogens with two attached hydrogens (primary N) is 1. The van der Waals surface area contributed by atoms with Crippen LogP contribution in [0.15, 0.2) is 17.4 Å². The lowest BCUT2D eigenvalue weighted by molar-refractivity contribution is 0.232. The number of hydroxylamine groups is 1. The van der Waals surface area contributed by atoms with Crippen molar-refractivity contribution in [2.24, 2.45) is 10.7 Å². The average molecular weight is 169 g/mol. The van der Waals surface area contributed by atoms with E-state index < -0.39 is 0 Å². The third-order valence-corrected chi connectivity index (χ3v) is 1.30. The van der Waals surface area contributed by atoms with Gasteiger partial charge in [0.1, 0.15) is 5.82 Å². The van der Waals surface area contributed by atoms with E-state index >= 15 is 0 Å². The van der Waals surface area contributed by atoms with E-state index in [1.807, 2.05) is 0 Å². The molecular weight excluding hydrogens is 158 g/mol. The molecule has 1 aromatic heterocycles. The minimum Gasteiger partial charge on any atom is -0.368 e. The van der Waals surface area contributed by atoms with Crippen LogP contribution in [-0.2, 0) is 6.42 Å². The number of H-pyrrole nitrogens is 1. The molecule has 1 heterocycles. The van der Waals surface area contributed by atoms with Crippen molar-refractivity contribution in [2.45, 2.75) is 6.42 Å². The number of hydrogen-bond donors (Lipinski definition) is 4. The summed E-state index contributed by atoms with van der Waals surface area (Å²) in [4.78, 5) is 10.7. The van der Waals surface area contributed by atoms with Crippen LogP contribution < -0.4 is 11.2 Å². The standard InChI is InChI=1S/C6H11N5O/c7-6(11-12)10-2-1-5-8-3-4-9-5/h3-4,12H,1-2H2,(H,8,9)(H3,7,10,11). The van der Waals surface area contributed by atoms with Crippen LogP contribution in [0.5, 0.6) is 0 Å². The molecule has 66 valence electrons. The van der Waals surface area contributed by atoms with Gasteiger partial charge in [-0.2, -0.15) is 0 Å². The second-order valence-corrected chi connectivity index (χ2v) is 2.16. The highest BCUT2D eigenvalue weighted by Crippen LogP contribution is 1.89. The number of aliphatic imine (C=N–C) groups is 1. The lowest BCUT2D eigenvalue weighted by Crippen LogP contribution is -2.28. The summed E-state index contributed by atoms with van der Waals surface area (Å²) >= 11 is 0. The Morgan fingerprint density at radius 2 is 2.67 bits per heavy atom. The Labute approximate surface area is 69.5 Å². The van der Waals surface area contributed by atoms with Gasteiger partial charge in [-0.15, -0.1) is 0 Å². The Hall–Kier alpha value is -1.56. The predicted molar refractivity (Wildman–Crippen MR) is 43.7 cm³/mol. The van der Waals surface area contributed by atoms with Crippen molar-refractivity contribution in [3.05, 3.63) is 18.2 Å². The first-order chi connectivity index (χ1) is 5.83. The highest BCUT2D eigenvalue weighted by atomic mass is 16.5. The van der Waals surface area contributed by atoms with Crippen molar-refractivity contribution in [1.82, 2.24) is 15.4 Å². The summed E-state index contributed by atoms with van der Waals surface area (Å²) in [6.45, 7) is 0.493. The van der Waals surface area contributed by atoms with Crippen LogP contribution in [0.1, 0.15) is 5.82 Å². The third kappa shape index (κ3) is 2.59. The molecule has 0 unspecified atom stereocenters. The van der Waals surface area contributed by atoms with E-state index in [9.17, 15) is 0 Å². The molecule has 0 aliphatic heterocycles. The van der Waals surface area contributed by atoms with Gasteiger partial charge in [0.2, 0.25) is 5.96 Å². The summed E-state index contributed by atoms with van der Waals surface area (Å²) in [6, 6.07) is 0. The summed E-state index contributed by atoms with van der Waals surface area (Å²) in [6.07, 6.45) is 4.09. The van der Waals surface area contributed by atoms with E-state index in [1.54, 1.807) is 17.9 Å². The van der Waals surface area contributed by atoms with Gasteiger partial charge in [0.25, 0.3) is 0 Å². The topological polar surface area (TPSA) is 99.3 Å². The molecule has 0 radical (unpaired) electrons. The minimum atomic E-state index is 0.0153. The number of guanidine groups is 1. The number of nitrogens with one attached hydrogen (secondary N) is 2. The van der Waals surface area contributed by atoms with Crippen molar-refractivity contribution in [1.29, 1.82) is 0 Å². The van der Waals surface area contributed by atoms with Crippen molar-refractivity contribution in [3.8, 4) is 0 Å². The van der Waals surface area contributed by atoms with Crippen LogP contribution in [0.4, 0.5) is 0 Å². The number of rotatable bonds is 3. The highest BCUT2D eigenvalue weighted by Gasteiger charge is 1.92. The largest absolute Gasteiger partial charge is 0.368 e. The van der Waals surface area contributed by atoms with Gasteiger partial charge in [-0.1, -0.05) is 0 Å². The molecular formula is C6H11N5O. The summed E-state index contributed by atoms with van der Waals surface area (Å²) in [5, 5.41) is 8.26. The molecule has 12 heavy (non-hydrogen) atoms. The molecule has 1 rings (SSSR count). The second kappa shape index (κ2) is 4.35. The molecule has 0 atom stereocenters. The van der Waals surface area contributed by atoms with Gasteiger partial charge in [0, 0.05) is 25.4 Å². The normalized spacial score (nSPS) is 11.6. The molecule has 0 fully saturated rings. The number of aromatic nitrogens is 2. The Morgan fingerprint density at radius 3 is 3.25 bits per heavy atom. The molecule has 0 saturated carbocycles. The summed E-state index contributed by atoms with van der Waals surface area (Å²) < 4.78 is 0. The zero-order valence-electron chi connectivity index (χ0n) is 6.49. The summed E-state index contributed by atoms with van der Waals surface area (Å²) in [7, 11) is 0. The van der Waals surface area contributed by atoms with E-state index in [2.05, 4.69) is 15.0 Å². The second-order valence-electron chi connectivity index (χ2n) is 2.16. The molecule has 0 aliphatic rings. The zero-order valence-corrected chi connectivity index (χ0v) is 6.49. The van der Waals surface area contributed by atoms with Gasteiger partial charge in [-0.05, 0) is 0 Å². The number of imidazole rings is 1. The molecule has 0 saturated heterocycles. The van der Waals surface area contributed by atoms with E-state index in [0.717, 1.165) is 5.82 Å². The van der Waals surface area contributed by atoms with Crippen LogP contribution in [0.3, 0.4) is 0 Å². The Balaban J connectivity index is 2.28. The fourth-order valence-corrected chi connectivity index (χ4v) is 0.752. The van der Waals surface area contributed by atoms with Crippen LogP contribution in [-0.4, -0.2) is 27.7 Å². The van der Waals surface area contributed by atoms with Crippen LogP contribution in [0.25, 0.3) is 0 Å². The van der Waals surface area contributed by atoms with Gasteiger partial charge < -0.3 is 10.7 Å². The molecule has 6 heteroatoms. The predicted octanol–water partition coefficient (Wildman–Crippen LogP) is -0.754. The van der Waals surface area contributed by atoms with Crippen LogP contribution in [0, 0.1) is 0 Å². The number of nitrogens with zero attached hydrogens (tertiary/aromatic N) is 2. The van der Waals surface area contributed by atoms with Gasteiger partial charge in [0.15, 0.2) is 0 Å². The van der Waals surface area contributed by atoms with Crippen molar-refractivity contribution < 1.29 is 5.21 Å². The lowest BCUT2D eigenvalue weighted by atomic mass is 10.4. The van der Waals surface area contributed by atoms with E-state index in [0.29, 0.717) is 13.0 Å². The summed E-state index contributed by atoms with van der Waals surface area (Å²) in [5.74, 6) is 0.867. The SMILES string of the molecule is NC(=NCCc1ncc[nH]1)NO. The van der Waals surface area contributed by atoms with Crippen molar-refractivity contribution in [2.75, 3.05) is 6.54 Å². The van der Waals surface area contributed by atoms with E-state index in [1.165, 1.54) is 0 Å². The van der Waals surface area contributed by atoms with Crippen molar-refractivity contribution in [3.63, 3.8) is 0 Å². The van der Waals surface area contributed by atoms with Gasteiger partial charge in [-0.3, -0.25) is 10.2 Å². The monoisotopic (exact) mass is 169 g/mol. The molecule has 0 amide bonds. The van der Waals surface area contributed by atoms with Crippen LogP contribution in [0.2, 0.25) is 0 Å². The van der Waals surface area contributed by atoms with Crippen molar-refractivity contribution >= 4 is 5.96 Å². The molecule has 1 aromatic rings. The third-order valence-electron chi connectivity index (χ3n) is 1.30. The molecule has 0 aliphatic carbocycles. The maximum atomic E-state index is 8.26. The molecule has 0 spiro atoms. The van der Waals surface area contributed by atoms with E-state index in [4.69, 9.17) is 10.9 Å². The number of aromatic amines is 1. The fraction of sp³-hybridized carbons (Fsp3) is 0.333. The lowest BCUT2D eigenvalue weighted by Gasteiger charge is -1.95. The molecule has 0 aromatic carbocycles. The molecule has 0 bridgehead atoms. The average Bonchev–Trinajstić information content (AvgIpc) is 2.57. The maximum Gasteiger partial charge on any atom is 0.212 e. The fourth-order valence-electron chi connectivity index (χ4n) is 0.752. The molecule has 5 N–H and O–H groups in total. The first kappa shape index (κ1) is 8.54. The Morgan fingerprint density at radius 1 is 1.83 bits per heavy atom. The summed E-state index contributed by atoms with van der Waals surface area (Å²) in [5.41, 5.74) is 6.91. The molecule has 6 nitrogen and oxygen atoms in total. The van der Waals surface area contributed by atoms with Gasteiger partial charge >= 0.3 is 0 Å². The first-order valence-electron chi connectivity index (χ1n) is 3.51. The van der Waals surface area contributed by atoms with Gasteiger partial charge in [-0.25, -0.2) is 10.5 Å². The number of hydrogen-bond acceptors (Lipinski definition) is 3. The van der Waals surface area contributed by atoms with Crippen LogP contribution >= 0.6 is 0 Å². The maximum absolute atomic E-state index is 8.26. The van der Waals surface area contributed by atoms with Gasteiger partial charge in [0.05, 0.1) is 0 Å². The van der Waals surface area contributed by atoms with E-state index in [-0.39, 0.29) is 5.96 Å².